The predicted octanol–water partition coefficient (Wildman–Crippen LogP) is 2.21. The van der Waals surface area contributed by atoms with Crippen LogP contribution < -0.4 is 5.56 Å². The summed E-state index contributed by atoms with van der Waals surface area (Å²) in [6, 6.07) is 13.3. The number of rotatable bonds is 3. The van der Waals surface area contributed by atoms with Gasteiger partial charge in [-0.2, -0.15) is 0 Å². The van der Waals surface area contributed by atoms with Crippen molar-refractivity contribution >= 4 is 11.0 Å². The summed E-state index contributed by atoms with van der Waals surface area (Å²) < 4.78 is 3.86. The molecule has 4 heteroatoms. The Morgan fingerprint density at radius 2 is 1.84 bits per heavy atom. The summed E-state index contributed by atoms with van der Waals surface area (Å²) in [6.45, 7) is 3.39. The van der Waals surface area contributed by atoms with Crippen LogP contribution in [-0.4, -0.2) is 14.1 Å². The number of hydrogen-bond acceptors (Lipinski definition) is 2. The van der Waals surface area contributed by atoms with Crippen LogP contribution in [0.2, 0.25) is 0 Å². The molecule has 3 rings (SSSR count). The van der Waals surface area contributed by atoms with E-state index in [9.17, 15) is 4.79 Å². The predicted molar refractivity (Wildman–Crippen MR) is 75.2 cm³/mol. The van der Waals surface area contributed by atoms with Crippen LogP contribution in [0.25, 0.3) is 11.0 Å². The summed E-state index contributed by atoms with van der Waals surface area (Å²) in [5, 5.41) is 0. The van der Waals surface area contributed by atoms with Gasteiger partial charge in [0, 0.05) is 25.4 Å². The van der Waals surface area contributed by atoms with Gasteiger partial charge in [0.15, 0.2) is 0 Å². The number of nitrogens with zero attached hydrogens (tertiary/aromatic N) is 3. The molecule has 4 nitrogen and oxygen atoms in total. The van der Waals surface area contributed by atoms with Gasteiger partial charge in [-0.05, 0) is 25.1 Å². The quantitative estimate of drug-likeness (QED) is 0.718. The summed E-state index contributed by atoms with van der Waals surface area (Å²) >= 11 is 0. The number of aryl methyl sites for hydroxylation is 3. The summed E-state index contributed by atoms with van der Waals surface area (Å²) in [5.74, 6) is 0.977. The van der Waals surface area contributed by atoms with Crippen LogP contribution in [0.3, 0.4) is 0 Å². The maximum Gasteiger partial charge on any atom is 0.250 e. The number of pyridine rings is 1. The zero-order valence-corrected chi connectivity index (χ0v) is 10.8. The van der Waals surface area contributed by atoms with Gasteiger partial charge in [-0.25, -0.2) is 4.98 Å². The Bertz CT molecular complexity index is 770. The molecule has 19 heavy (non-hydrogen) atoms. The molecule has 2 aromatic heterocycles. The molecule has 0 saturated heterocycles. The number of hydrogen-bond donors (Lipinski definition) is 0. The Balaban J connectivity index is 1.92. The standard InChI is InChI=1S/C15H15N3O/c1-12-16-13-6-2-3-7-14(13)18(12)11-10-17-9-5-4-8-15(17)19/h2-9H,10-11H2,1H3. The van der Waals surface area contributed by atoms with E-state index in [1.807, 2.05) is 37.4 Å². The van der Waals surface area contributed by atoms with Crippen LogP contribution in [0.15, 0.2) is 53.5 Å². The number of imidazole rings is 1. The van der Waals surface area contributed by atoms with Crippen molar-refractivity contribution in [2.24, 2.45) is 0 Å². The van der Waals surface area contributed by atoms with Gasteiger partial charge >= 0.3 is 0 Å². The van der Waals surface area contributed by atoms with Crippen molar-refractivity contribution in [1.29, 1.82) is 0 Å². The molecule has 1 aromatic carbocycles. The normalized spacial score (nSPS) is 11.0. The Morgan fingerprint density at radius 1 is 1.05 bits per heavy atom. The Kier molecular flexibility index (Phi) is 2.91. The van der Waals surface area contributed by atoms with Crippen molar-refractivity contribution in [1.82, 2.24) is 14.1 Å². The molecule has 0 spiro atoms. The zero-order chi connectivity index (χ0) is 13.2. The average Bonchev–Trinajstić information content (AvgIpc) is 2.74. The van der Waals surface area contributed by atoms with Crippen LogP contribution in [-0.2, 0) is 13.1 Å². The average molecular weight is 253 g/mol. The minimum atomic E-state index is 0.0320. The fraction of sp³-hybridized carbons (Fsp3) is 0.200. The van der Waals surface area contributed by atoms with Crippen LogP contribution >= 0.6 is 0 Å². The number of benzene rings is 1. The first kappa shape index (κ1) is 11.7. The molecule has 0 atom stereocenters. The SMILES string of the molecule is Cc1nc2ccccc2n1CCn1ccccc1=O. The lowest BCUT2D eigenvalue weighted by Crippen LogP contribution is -2.20. The van der Waals surface area contributed by atoms with Crippen molar-refractivity contribution in [3.8, 4) is 0 Å². The molecule has 3 aromatic rings. The van der Waals surface area contributed by atoms with E-state index < -0.39 is 0 Å². The third-order valence-electron chi connectivity index (χ3n) is 3.31. The molecule has 0 saturated carbocycles. The molecule has 96 valence electrons. The highest BCUT2D eigenvalue weighted by atomic mass is 16.1. The first-order chi connectivity index (χ1) is 9.25. The second kappa shape index (κ2) is 4.72. The first-order valence-electron chi connectivity index (χ1n) is 6.33. The van der Waals surface area contributed by atoms with Crippen LogP contribution in [0.5, 0.6) is 0 Å². The third-order valence-corrected chi connectivity index (χ3v) is 3.31. The molecule has 0 fully saturated rings. The smallest absolute Gasteiger partial charge is 0.250 e. The van der Waals surface area contributed by atoms with Gasteiger partial charge in [0.2, 0.25) is 0 Å². The summed E-state index contributed by atoms with van der Waals surface area (Å²) in [6.07, 6.45) is 1.82. The number of fused-ring (bicyclic) bond motifs is 1. The van der Waals surface area contributed by atoms with E-state index in [0.717, 1.165) is 23.4 Å². The lowest BCUT2D eigenvalue weighted by Gasteiger charge is -2.08. The van der Waals surface area contributed by atoms with E-state index in [0.29, 0.717) is 6.54 Å². The second-order valence-electron chi connectivity index (χ2n) is 4.53. The van der Waals surface area contributed by atoms with Gasteiger partial charge in [-0.15, -0.1) is 0 Å². The topological polar surface area (TPSA) is 39.8 Å². The molecule has 0 bridgehead atoms. The van der Waals surface area contributed by atoms with Crippen LogP contribution in [0.4, 0.5) is 0 Å². The molecule has 0 aliphatic carbocycles. The molecule has 0 unspecified atom stereocenters. The maximum absolute atomic E-state index is 11.7. The minimum absolute atomic E-state index is 0.0320. The zero-order valence-electron chi connectivity index (χ0n) is 10.8. The second-order valence-corrected chi connectivity index (χ2v) is 4.53. The van der Waals surface area contributed by atoms with E-state index in [-0.39, 0.29) is 5.56 Å². The van der Waals surface area contributed by atoms with E-state index in [2.05, 4.69) is 15.6 Å². The van der Waals surface area contributed by atoms with Gasteiger partial charge in [0.25, 0.3) is 5.56 Å². The molecule has 0 N–H and O–H groups in total. The fourth-order valence-electron chi connectivity index (χ4n) is 2.33. The molecular formula is C15H15N3O. The van der Waals surface area contributed by atoms with Crippen molar-refractivity contribution in [3.05, 3.63) is 64.8 Å². The van der Waals surface area contributed by atoms with Crippen molar-refractivity contribution in [3.63, 3.8) is 0 Å². The van der Waals surface area contributed by atoms with Crippen molar-refractivity contribution < 1.29 is 0 Å². The monoisotopic (exact) mass is 253 g/mol. The number of para-hydroxylation sites is 2. The lowest BCUT2D eigenvalue weighted by molar-refractivity contribution is 0.565. The molecule has 2 heterocycles. The van der Waals surface area contributed by atoms with E-state index in [1.54, 1.807) is 16.7 Å². The summed E-state index contributed by atoms with van der Waals surface area (Å²) in [4.78, 5) is 16.2. The van der Waals surface area contributed by atoms with E-state index in [4.69, 9.17) is 0 Å². The van der Waals surface area contributed by atoms with Gasteiger partial charge in [-0.3, -0.25) is 4.79 Å². The molecular weight excluding hydrogens is 238 g/mol. The minimum Gasteiger partial charge on any atom is -0.326 e. The van der Waals surface area contributed by atoms with Crippen molar-refractivity contribution in [2.45, 2.75) is 20.0 Å². The van der Waals surface area contributed by atoms with E-state index >= 15 is 0 Å². The molecule has 0 amide bonds. The number of aromatic nitrogens is 3. The highest BCUT2D eigenvalue weighted by molar-refractivity contribution is 5.75. The summed E-state index contributed by atoms with van der Waals surface area (Å²) in [5.41, 5.74) is 2.15. The molecule has 0 aliphatic rings. The largest absolute Gasteiger partial charge is 0.326 e. The van der Waals surface area contributed by atoms with E-state index in [1.165, 1.54) is 0 Å². The third kappa shape index (κ3) is 2.17. The van der Waals surface area contributed by atoms with Gasteiger partial charge in [0.05, 0.1) is 11.0 Å². The summed E-state index contributed by atoms with van der Waals surface area (Å²) in [7, 11) is 0. The van der Waals surface area contributed by atoms with Gasteiger partial charge in [0.1, 0.15) is 5.82 Å². The molecule has 0 aliphatic heterocycles. The van der Waals surface area contributed by atoms with Gasteiger partial charge in [-0.1, -0.05) is 18.2 Å². The maximum atomic E-state index is 11.7. The Hall–Kier alpha value is -2.36. The fourth-order valence-corrected chi connectivity index (χ4v) is 2.33. The Labute approximate surface area is 110 Å². The Morgan fingerprint density at radius 3 is 2.68 bits per heavy atom. The van der Waals surface area contributed by atoms with Gasteiger partial charge < -0.3 is 9.13 Å². The molecule has 0 radical (unpaired) electrons. The lowest BCUT2D eigenvalue weighted by atomic mass is 10.3. The van der Waals surface area contributed by atoms with Crippen LogP contribution in [0, 0.1) is 6.92 Å². The van der Waals surface area contributed by atoms with Crippen molar-refractivity contribution in [2.75, 3.05) is 0 Å². The van der Waals surface area contributed by atoms with Crippen LogP contribution in [0.1, 0.15) is 5.82 Å². The highest BCUT2D eigenvalue weighted by Gasteiger charge is 2.06. The highest BCUT2D eigenvalue weighted by Crippen LogP contribution is 2.15. The first-order valence-corrected chi connectivity index (χ1v) is 6.33.